The highest BCUT2D eigenvalue weighted by Crippen LogP contribution is 2.28. The van der Waals surface area contributed by atoms with Crippen LogP contribution in [0.4, 0.5) is 10.1 Å². The van der Waals surface area contributed by atoms with E-state index < -0.39 is 5.25 Å². The Hall–Kier alpha value is -2.93. The second-order valence-corrected chi connectivity index (χ2v) is 7.11. The summed E-state index contributed by atoms with van der Waals surface area (Å²) >= 11 is 1.27. The Balaban J connectivity index is 1.81. The summed E-state index contributed by atoms with van der Waals surface area (Å²) in [6.45, 7) is 5.94. The van der Waals surface area contributed by atoms with Crippen molar-refractivity contribution in [3.8, 4) is 11.4 Å². The summed E-state index contributed by atoms with van der Waals surface area (Å²) in [5.41, 5.74) is 1.09. The summed E-state index contributed by atoms with van der Waals surface area (Å²) in [7, 11) is 0. The largest absolute Gasteiger partial charge is 0.325 e. The van der Waals surface area contributed by atoms with E-state index in [1.165, 1.54) is 17.8 Å². The van der Waals surface area contributed by atoms with Crippen LogP contribution in [0, 0.1) is 5.82 Å². The Labute approximate surface area is 161 Å². The number of amides is 1. The van der Waals surface area contributed by atoms with Crippen molar-refractivity contribution in [2.75, 3.05) is 5.32 Å². The second-order valence-electron chi connectivity index (χ2n) is 5.80. The minimum absolute atomic E-state index is 0.146. The molecule has 0 aliphatic heterocycles. The van der Waals surface area contributed by atoms with Crippen molar-refractivity contribution in [1.82, 2.24) is 14.8 Å². The highest BCUT2D eigenvalue weighted by molar-refractivity contribution is 8.00. The maximum atomic E-state index is 14.2. The molecule has 7 heteroatoms. The van der Waals surface area contributed by atoms with Gasteiger partial charge in [0.2, 0.25) is 5.91 Å². The molecular weight excluding hydrogens is 363 g/mol. The lowest BCUT2D eigenvalue weighted by Gasteiger charge is -2.13. The SMILES string of the molecule is C=CCn1c(SC(C)C(=O)Nc2ccccc2)nnc1-c1ccccc1F. The smallest absolute Gasteiger partial charge is 0.237 e. The average Bonchev–Trinajstić information content (AvgIpc) is 3.05. The number of halogens is 1. The lowest BCUT2D eigenvalue weighted by Crippen LogP contribution is -2.22. The molecule has 1 N–H and O–H groups in total. The Kier molecular flexibility index (Phi) is 6.03. The number of thioether (sulfide) groups is 1. The van der Waals surface area contributed by atoms with E-state index in [2.05, 4.69) is 22.1 Å². The zero-order chi connectivity index (χ0) is 19.2. The number of hydrogen-bond donors (Lipinski definition) is 1. The molecule has 0 saturated carbocycles. The first-order chi connectivity index (χ1) is 13.1. The van der Waals surface area contributed by atoms with Crippen LogP contribution in [-0.4, -0.2) is 25.9 Å². The summed E-state index contributed by atoms with van der Waals surface area (Å²) in [6.07, 6.45) is 1.69. The fraction of sp³-hybridized carbons (Fsp3) is 0.150. The fourth-order valence-corrected chi connectivity index (χ4v) is 3.35. The molecule has 3 aromatic rings. The van der Waals surface area contributed by atoms with Crippen LogP contribution in [0.2, 0.25) is 0 Å². The van der Waals surface area contributed by atoms with Gasteiger partial charge >= 0.3 is 0 Å². The third-order valence-corrected chi connectivity index (χ3v) is 4.92. The molecule has 1 aromatic heterocycles. The van der Waals surface area contributed by atoms with Crippen LogP contribution in [-0.2, 0) is 11.3 Å². The van der Waals surface area contributed by atoms with Crippen molar-refractivity contribution >= 4 is 23.4 Å². The number of carbonyl (C=O) groups excluding carboxylic acids is 1. The maximum absolute atomic E-state index is 14.2. The van der Waals surface area contributed by atoms with E-state index in [4.69, 9.17) is 0 Å². The standard InChI is InChI=1S/C20H19FN4OS/c1-3-13-25-18(16-11-7-8-12-17(16)21)23-24-20(25)27-14(2)19(26)22-15-9-5-4-6-10-15/h3-12,14H,1,13H2,2H3,(H,22,26). The Morgan fingerprint density at radius 3 is 2.63 bits per heavy atom. The van der Waals surface area contributed by atoms with Crippen molar-refractivity contribution in [1.29, 1.82) is 0 Å². The summed E-state index contributed by atoms with van der Waals surface area (Å²) in [6, 6.07) is 15.6. The number of allylic oxidation sites excluding steroid dienone is 1. The molecule has 0 fully saturated rings. The molecule has 0 aliphatic carbocycles. The molecule has 27 heavy (non-hydrogen) atoms. The van der Waals surface area contributed by atoms with E-state index in [1.54, 1.807) is 35.8 Å². The molecular formula is C20H19FN4OS. The molecule has 0 saturated heterocycles. The Morgan fingerprint density at radius 2 is 1.93 bits per heavy atom. The number of hydrogen-bond acceptors (Lipinski definition) is 4. The first-order valence-corrected chi connectivity index (χ1v) is 9.29. The average molecular weight is 382 g/mol. The molecule has 2 aromatic carbocycles. The van der Waals surface area contributed by atoms with Gasteiger partial charge in [-0.1, -0.05) is 48.2 Å². The van der Waals surface area contributed by atoms with Gasteiger partial charge in [-0.05, 0) is 31.2 Å². The number of aromatic nitrogens is 3. The topological polar surface area (TPSA) is 59.8 Å². The van der Waals surface area contributed by atoms with Gasteiger partial charge in [-0.3, -0.25) is 9.36 Å². The van der Waals surface area contributed by atoms with Gasteiger partial charge in [0.15, 0.2) is 11.0 Å². The molecule has 1 amide bonds. The first kappa shape index (κ1) is 18.8. The number of rotatable bonds is 7. The molecule has 1 unspecified atom stereocenters. The van der Waals surface area contributed by atoms with E-state index in [1.807, 2.05) is 30.3 Å². The molecule has 0 radical (unpaired) electrons. The fourth-order valence-electron chi connectivity index (χ4n) is 2.49. The van der Waals surface area contributed by atoms with Crippen molar-refractivity contribution < 1.29 is 9.18 Å². The quantitative estimate of drug-likeness (QED) is 0.486. The van der Waals surface area contributed by atoms with Gasteiger partial charge in [0.1, 0.15) is 5.82 Å². The lowest BCUT2D eigenvalue weighted by molar-refractivity contribution is -0.115. The molecule has 0 bridgehead atoms. The van der Waals surface area contributed by atoms with Gasteiger partial charge < -0.3 is 5.32 Å². The predicted molar refractivity (Wildman–Crippen MR) is 106 cm³/mol. The number of carbonyl (C=O) groups is 1. The van der Waals surface area contributed by atoms with Gasteiger partial charge in [-0.15, -0.1) is 16.8 Å². The van der Waals surface area contributed by atoms with Gasteiger partial charge in [0.25, 0.3) is 0 Å². The summed E-state index contributed by atoms with van der Waals surface area (Å²) in [4.78, 5) is 12.4. The minimum Gasteiger partial charge on any atom is -0.325 e. The number of nitrogens with zero attached hydrogens (tertiary/aromatic N) is 3. The Bertz CT molecular complexity index is 942. The normalized spacial score (nSPS) is 11.8. The van der Waals surface area contributed by atoms with Crippen molar-refractivity contribution in [2.24, 2.45) is 0 Å². The number of anilines is 1. The zero-order valence-corrected chi connectivity index (χ0v) is 15.6. The molecule has 138 valence electrons. The van der Waals surface area contributed by atoms with E-state index >= 15 is 0 Å². The van der Waals surface area contributed by atoms with Crippen LogP contribution in [0.5, 0.6) is 0 Å². The summed E-state index contributed by atoms with van der Waals surface area (Å²) < 4.78 is 15.9. The highest BCUT2D eigenvalue weighted by Gasteiger charge is 2.21. The molecule has 1 atom stereocenters. The first-order valence-electron chi connectivity index (χ1n) is 8.41. The number of benzene rings is 2. The van der Waals surface area contributed by atoms with Crippen LogP contribution in [0.15, 0.2) is 72.4 Å². The molecule has 1 heterocycles. The van der Waals surface area contributed by atoms with Crippen LogP contribution < -0.4 is 5.32 Å². The van der Waals surface area contributed by atoms with Crippen LogP contribution in [0.25, 0.3) is 11.4 Å². The van der Waals surface area contributed by atoms with Crippen molar-refractivity contribution in [3.63, 3.8) is 0 Å². The third kappa shape index (κ3) is 4.43. The van der Waals surface area contributed by atoms with Gasteiger partial charge in [-0.2, -0.15) is 0 Å². The van der Waals surface area contributed by atoms with Crippen LogP contribution in [0.1, 0.15) is 6.92 Å². The Morgan fingerprint density at radius 1 is 1.22 bits per heavy atom. The molecule has 5 nitrogen and oxygen atoms in total. The minimum atomic E-state index is -0.411. The van der Waals surface area contributed by atoms with Crippen molar-refractivity contribution in [3.05, 3.63) is 73.1 Å². The van der Waals surface area contributed by atoms with E-state index in [0.717, 1.165) is 5.69 Å². The van der Waals surface area contributed by atoms with Crippen LogP contribution >= 0.6 is 11.8 Å². The summed E-state index contributed by atoms with van der Waals surface area (Å²) in [5, 5.41) is 11.3. The van der Waals surface area contributed by atoms with E-state index in [9.17, 15) is 9.18 Å². The predicted octanol–water partition coefficient (Wildman–Crippen LogP) is 4.39. The molecule has 3 rings (SSSR count). The summed E-state index contributed by atoms with van der Waals surface area (Å²) in [5.74, 6) is -0.111. The van der Waals surface area contributed by atoms with E-state index in [-0.39, 0.29) is 11.7 Å². The van der Waals surface area contributed by atoms with Crippen LogP contribution in [0.3, 0.4) is 0 Å². The van der Waals surface area contributed by atoms with Gasteiger partial charge in [0, 0.05) is 12.2 Å². The maximum Gasteiger partial charge on any atom is 0.237 e. The number of para-hydroxylation sites is 1. The molecule has 0 aliphatic rings. The highest BCUT2D eigenvalue weighted by atomic mass is 32.2. The van der Waals surface area contributed by atoms with Gasteiger partial charge in [-0.25, -0.2) is 4.39 Å². The van der Waals surface area contributed by atoms with Crippen molar-refractivity contribution in [2.45, 2.75) is 23.9 Å². The third-order valence-electron chi connectivity index (χ3n) is 3.84. The molecule has 0 spiro atoms. The number of nitrogens with one attached hydrogen (secondary N) is 1. The zero-order valence-electron chi connectivity index (χ0n) is 14.8. The monoisotopic (exact) mass is 382 g/mol. The van der Waals surface area contributed by atoms with Gasteiger partial charge in [0.05, 0.1) is 10.8 Å². The second kappa shape index (κ2) is 8.64. The van der Waals surface area contributed by atoms with E-state index in [0.29, 0.717) is 23.1 Å². The lowest BCUT2D eigenvalue weighted by atomic mass is 10.2.